The Hall–Kier alpha value is -2.91. The molecule has 2 heterocycles. The topological polar surface area (TPSA) is 51.7 Å². The number of carbonyl (C=O) groups is 1. The molecular formula is C26H27F5N2O3. The number of hydrogen-bond donors (Lipinski definition) is 0. The van der Waals surface area contributed by atoms with E-state index in [9.17, 15) is 26.7 Å². The van der Waals surface area contributed by atoms with E-state index < -0.39 is 24.8 Å². The Balaban J connectivity index is 1.31. The highest BCUT2D eigenvalue weighted by atomic mass is 19.3. The Labute approximate surface area is 205 Å². The zero-order valence-electron chi connectivity index (χ0n) is 19.6. The summed E-state index contributed by atoms with van der Waals surface area (Å²) in [6, 6.07) is 4.62. The molecule has 0 spiro atoms. The SMILES string of the molecule is O=C(c1cc(C2CC2)c(COc2cnc(OCC(F)(F)C(F)F)c(C3CC3)c2)cc1F)N1CCCC1. The van der Waals surface area contributed by atoms with Crippen molar-refractivity contribution in [1.29, 1.82) is 0 Å². The van der Waals surface area contributed by atoms with Gasteiger partial charge in [0.25, 0.3) is 5.91 Å². The summed E-state index contributed by atoms with van der Waals surface area (Å²) in [5.74, 6) is -4.64. The molecule has 5 nitrogen and oxygen atoms in total. The second kappa shape index (κ2) is 9.86. The highest BCUT2D eigenvalue weighted by molar-refractivity contribution is 5.95. The number of hydrogen-bond acceptors (Lipinski definition) is 4. The molecule has 3 aliphatic rings. The first kappa shape index (κ1) is 24.8. The van der Waals surface area contributed by atoms with Crippen LogP contribution in [0.3, 0.4) is 0 Å². The van der Waals surface area contributed by atoms with Gasteiger partial charge < -0.3 is 14.4 Å². The molecule has 1 aromatic carbocycles. The van der Waals surface area contributed by atoms with Crippen LogP contribution in [0.4, 0.5) is 22.0 Å². The van der Waals surface area contributed by atoms with Crippen molar-refractivity contribution in [3.63, 3.8) is 0 Å². The quantitative estimate of drug-likeness (QED) is 0.364. The normalized spacial score (nSPS) is 18.1. The minimum absolute atomic E-state index is 0.0339. The molecule has 10 heteroatoms. The minimum atomic E-state index is -4.27. The number of aromatic nitrogens is 1. The van der Waals surface area contributed by atoms with E-state index in [1.54, 1.807) is 17.0 Å². The maximum absolute atomic E-state index is 15.0. The van der Waals surface area contributed by atoms with Crippen LogP contribution >= 0.6 is 0 Å². The molecule has 1 saturated heterocycles. The van der Waals surface area contributed by atoms with E-state index in [1.807, 2.05) is 0 Å². The van der Waals surface area contributed by atoms with E-state index in [0.717, 1.165) is 44.1 Å². The van der Waals surface area contributed by atoms with Gasteiger partial charge >= 0.3 is 12.3 Å². The van der Waals surface area contributed by atoms with Crippen molar-refractivity contribution in [2.45, 2.75) is 69.3 Å². The molecule has 3 fully saturated rings. The molecule has 2 aromatic rings. The van der Waals surface area contributed by atoms with Gasteiger partial charge in [0.1, 0.15) is 18.2 Å². The van der Waals surface area contributed by atoms with Gasteiger partial charge in [-0.05, 0) is 79.7 Å². The van der Waals surface area contributed by atoms with E-state index in [4.69, 9.17) is 9.47 Å². The van der Waals surface area contributed by atoms with Gasteiger partial charge in [0.05, 0.1) is 11.8 Å². The fourth-order valence-corrected chi connectivity index (χ4v) is 4.51. The van der Waals surface area contributed by atoms with Gasteiger partial charge in [-0.3, -0.25) is 4.79 Å². The molecule has 0 N–H and O–H groups in total. The highest BCUT2D eigenvalue weighted by Gasteiger charge is 2.42. The van der Waals surface area contributed by atoms with Gasteiger partial charge in [0, 0.05) is 18.7 Å². The van der Waals surface area contributed by atoms with Crippen molar-refractivity contribution in [1.82, 2.24) is 9.88 Å². The number of ether oxygens (including phenoxy) is 2. The molecule has 36 heavy (non-hydrogen) atoms. The Bertz CT molecular complexity index is 1130. The number of carbonyl (C=O) groups excluding carboxylic acids is 1. The lowest BCUT2D eigenvalue weighted by molar-refractivity contribution is -0.148. The number of nitrogens with zero attached hydrogens (tertiary/aromatic N) is 2. The van der Waals surface area contributed by atoms with Crippen molar-refractivity contribution in [2.75, 3.05) is 19.7 Å². The predicted molar refractivity (Wildman–Crippen MR) is 121 cm³/mol. The predicted octanol–water partition coefficient (Wildman–Crippen LogP) is 6.07. The molecule has 0 radical (unpaired) electrons. The van der Waals surface area contributed by atoms with Gasteiger partial charge in [-0.2, -0.15) is 8.78 Å². The van der Waals surface area contributed by atoms with Gasteiger partial charge in [-0.1, -0.05) is 0 Å². The van der Waals surface area contributed by atoms with Crippen LogP contribution in [0, 0.1) is 5.82 Å². The average molecular weight is 511 g/mol. The van der Waals surface area contributed by atoms with Gasteiger partial charge in [-0.25, -0.2) is 18.2 Å². The van der Waals surface area contributed by atoms with Crippen molar-refractivity contribution in [3.05, 3.63) is 52.5 Å². The minimum Gasteiger partial charge on any atom is -0.487 e. The summed E-state index contributed by atoms with van der Waals surface area (Å²) in [6.45, 7) is -0.157. The number of rotatable bonds is 10. The van der Waals surface area contributed by atoms with Gasteiger partial charge in [-0.15, -0.1) is 0 Å². The highest BCUT2D eigenvalue weighted by Crippen LogP contribution is 2.46. The molecule has 5 rings (SSSR count). The third kappa shape index (κ3) is 5.42. The first-order valence-corrected chi connectivity index (χ1v) is 12.3. The molecule has 1 aromatic heterocycles. The number of alkyl halides is 4. The van der Waals surface area contributed by atoms with E-state index in [1.165, 1.54) is 12.3 Å². The van der Waals surface area contributed by atoms with Crippen LogP contribution in [0.15, 0.2) is 24.4 Å². The fraction of sp³-hybridized carbons (Fsp3) is 0.538. The number of likely N-dealkylation sites (tertiary alicyclic amines) is 1. The van der Waals surface area contributed by atoms with Gasteiger partial charge in [0.15, 0.2) is 6.61 Å². The molecule has 1 amide bonds. The van der Waals surface area contributed by atoms with Crippen molar-refractivity contribution in [2.24, 2.45) is 0 Å². The van der Waals surface area contributed by atoms with Crippen LogP contribution in [-0.2, 0) is 6.61 Å². The summed E-state index contributed by atoms with van der Waals surface area (Å²) in [5.41, 5.74) is 2.14. The van der Waals surface area contributed by atoms with Gasteiger partial charge in [0.2, 0.25) is 5.88 Å². The summed E-state index contributed by atoms with van der Waals surface area (Å²) in [4.78, 5) is 18.5. The second-order valence-electron chi connectivity index (χ2n) is 9.78. The maximum atomic E-state index is 15.0. The first-order chi connectivity index (χ1) is 17.2. The van der Waals surface area contributed by atoms with Crippen molar-refractivity contribution < 1.29 is 36.2 Å². The first-order valence-electron chi connectivity index (χ1n) is 12.3. The van der Waals surface area contributed by atoms with Crippen LogP contribution in [-0.4, -0.2) is 47.8 Å². The van der Waals surface area contributed by atoms with Crippen molar-refractivity contribution in [3.8, 4) is 11.6 Å². The number of amides is 1. The molecule has 1 aliphatic heterocycles. The van der Waals surface area contributed by atoms with E-state index in [-0.39, 0.29) is 35.8 Å². The van der Waals surface area contributed by atoms with Crippen LogP contribution < -0.4 is 9.47 Å². The summed E-state index contributed by atoms with van der Waals surface area (Å²) < 4.78 is 77.3. The van der Waals surface area contributed by atoms with Crippen LogP contribution in [0.2, 0.25) is 0 Å². The molecule has 2 saturated carbocycles. The Morgan fingerprint density at radius 1 is 1.03 bits per heavy atom. The smallest absolute Gasteiger partial charge is 0.340 e. The summed E-state index contributed by atoms with van der Waals surface area (Å²) in [5, 5.41) is 0. The zero-order chi connectivity index (χ0) is 25.4. The number of benzene rings is 1. The third-order valence-corrected chi connectivity index (χ3v) is 6.86. The number of halogens is 5. The Morgan fingerprint density at radius 3 is 2.33 bits per heavy atom. The molecule has 194 valence electrons. The monoisotopic (exact) mass is 510 g/mol. The maximum Gasteiger partial charge on any atom is 0.340 e. The molecule has 0 bridgehead atoms. The van der Waals surface area contributed by atoms with Crippen LogP contribution in [0.25, 0.3) is 0 Å². The molecule has 0 atom stereocenters. The molecule has 0 unspecified atom stereocenters. The number of pyridine rings is 1. The molecule has 2 aliphatic carbocycles. The third-order valence-electron chi connectivity index (χ3n) is 6.86. The standard InChI is InChI=1S/C26H27F5N2O3/c27-22-9-17(19(15-3-4-15)11-21(22)24(34)33-7-1-2-8-33)13-35-18-10-20(16-5-6-16)23(32-12-18)36-14-26(30,31)25(28)29/h9-12,15-16,25H,1-8,13-14H2. The second-order valence-corrected chi connectivity index (χ2v) is 9.78. The van der Waals surface area contributed by atoms with Crippen molar-refractivity contribution >= 4 is 5.91 Å². The summed E-state index contributed by atoms with van der Waals surface area (Å²) in [7, 11) is 0. The van der Waals surface area contributed by atoms with E-state index in [2.05, 4.69) is 4.98 Å². The lowest BCUT2D eigenvalue weighted by Gasteiger charge is -2.19. The zero-order valence-corrected chi connectivity index (χ0v) is 19.6. The average Bonchev–Trinajstić information content (AvgIpc) is 3.80. The lowest BCUT2D eigenvalue weighted by Crippen LogP contribution is -2.34. The molecular weight excluding hydrogens is 483 g/mol. The van der Waals surface area contributed by atoms with E-state index >= 15 is 0 Å². The van der Waals surface area contributed by atoms with Crippen LogP contribution in [0.1, 0.15) is 77.4 Å². The summed E-state index contributed by atoms with van der Waals surface area (Å²) >= 11 is 0. The summed E-state index contributed by atoms with van der Waals surface area (Å²) in [6.07, 6.45) is 2.81. The Kier molecular flexibility index (Phi) is 6.78. The van der Waals surface area contributed by atoms with E-state index in [0.29, 0.717) is 30.0 Å². The Morgan fingerprint density at radius 2 is 1.69 bits per heavy atom. The lowest BCUT2D eigenvalue weighted by atomic mass is 9.99. The largest absolute Gasteiger partial charge is 0.487 e. The fourth-order valence-electron chi connectivity index (χ4n) is 4.51. The van der Waals surface area contributed by atoms with Crippen LogP contribution in [0.5, 0.6) is 11.6 Å².